The Kier molecular flexibility index (Phi) is 18.3. The molecular weight excluding hydrogens is 308 g/mol. The van der Waals surface area contributed by atoms with E-state index in [1.807, 2.05) is 18.2 Å². The molecule has 0 aromatic heterocycles. The Balaban J connectivity index is 3.39. The first kappa shape index (κ1) is 22.0. The van der Waals surface area contributed by atoms with Gasteiger partial charge in [-0.25, -0.2) is 0 Å². The van der Waals surface area contributed by atoms with Crippen molar-refractivity contribution >= 4 is 17.6 Å². The molecule has 0 N–H and O–H groups in total. The third-order valence-electron chi connectivity index (χ3n) is 3.59. The van der Waals surface area contributed by atoms with Gasteiger partial charge in [0.25, 0.3) is 0 Å². The Morgan fingerprint density at radius 1 is 0.957 bits per heavy atom. The number of unbranched alkanes of at least 4 members (excludes halogenated alkanes) is 9. The molecule has 0 amide bonds. The lowest BCUT2D eigenvalue weighted by atomic mass is 10.1. The molecule has 0 aromatic rings. The maximum atomic E-state index is 11.5. The van der Waals surface area contributed by atoms with Crippen LogP contribution in [0.5, 0.6) is 0 Å². The third-order valence-corrected chi connectivity index (χ3v) is 3.77. The van der Waals surface area contributed by atoms with Crippen LogP contribution in [-0.2, 0) is 9.53 Å². The van der Waals surface area contributed by atoms with Crippen molar-refractivity contribution in [2.24, 2.45) is 0 Å². The monoisotopic (exact) mass is 340 g/mol. The van der Waals surface area contributed by atoms with Gasteiger partial charge in [0.1, 0.15) is 6.26 Å². The highest BCUT2D eigenvalue weighted by atomic mass is 35.5. The zero-order valence-electron chi connectivity index (χ0n) is 14.7. The first-order chi connectivity index (χ1) is 11.3. The fraction of sp³-hybridized carbons (Fsp3) is 0.700. The predicted octanol–water partition coefficient (Wildman–Crippen LogP) is 6.69. The number of hydrogen-bond donors (Lipinski definition) is 0. The van der Waals surface area contributed by atoms with Gasteiger partial charge in [0.15, 0.2) is 0 Å². The second-order valence-electron chi connectivity index (χ2n) is 5.76. The minimum absolute atomic E-state index is 0.157. The van der Waals surface area contributed by atoms with Crippen molar-refractivity contribution in [3.05, 3.63) is 30.2 Å². The van der Waals surface area contributed by atoms with Gasteiger partial charge >= 0.3 is 5.97 Å². The molecule has 0 aliphatic heterocycles. The fourth-order valence-electron chi connectivity index (χ4n) is 2.23. The lowest BCUT2D eigenvalue weighted by Crippen LogP contribution is -1.98. The zero-order valence-corrected chi connectivity index (χ0v) is 15.5. The minimum atomic E-state index is -0.157. The van der Waals surface area contributed by atoms with Crippen molar-refractivity contribution in [1.82, 2.24) is 0 Å². The van der Waals surface area contributed by atoms with Crippen LogP contribution in [0.4, 0.5) is 0 Å². The van der Waals surface area contributed by atoms with Crippen molar-refractivity contribution in [3.8, 4) is 0 Å². The summed E-state index contributed by atoms with van der Waals surface area (Å²) >= 11 is 5.52. The molecule has 0 rings (SSSR count). The molecule has 2 nitrogen and oxygen atoms in total. The standard InChI is InChI=1S/C20H33ClO2/c1-2-3-4-5-6-7-8-11-14-17-20(22)23-19-16-13-10-9-12-15-18-21/h12-13,15,19H,2-11,14,17-18H2,1H3. The maximum Gasteiger partial charge on any atom is 0.311 e. The molecule has 0 aliphatic carbocycles. The van der Waals surface area contributed by atoms with Crippen molar-refractivity contribution in [2.45, 2.75) is 84.0 Å². The quantitative estimate of drug-likeness (QED) is 0.0828. The van der Waals surface area contributed by atoms with E-state index in [0.717, 1.165) is 25.7 Å². The average molecular weight is 341 g/mol. The number of allylic oxidation sites excluding steroid dienone is 3. The topological polar surface area (TPSA) is 26.3 Å². The van der Waals surface area contributed by atoms with Crippen molar-refractivity contribution < 1.29 is 9.53 Å². The highest BCUT2D eigenvalue weighted by molar-refractivity contribution is 6.18. The minimum Gasteiger partial charge on any atom is -0.426 e. The summed E-state index contributed by atoms with van der Waals surface area (Å²) < 4.78 is 5.00. The first-order valence-electron chi connectivity index (χ1n) is 9.11. The van der Waals surface area contributed by atoms with E-state index in [4.69, 9.17) is 16.3 Å². The number of carbonyl (C=O) groups is 1. The van der Waals surface area contributed by atoms with Crippen molar-refractivity contribution in [2.75, 3.05) is 5.88 Å². The lowest BCUT2D eigenvalue weighted by Gasteiger charge is -2.01. The number of halogens is 1. The number of hydrogen-bond acceptors (Lipinski definition) is 2. The van der Waals surface area contributed by atoms with Gasteiger partial charge in [-0.2, -0.15) is 0 Å². The molecule has 0 radical (unpaired) electrons. The smallest absolute Gasteiger partial charge is 0.311 e. The van der Waals surface area contributed by atoms with Crippen LogP contribution in [0.15, 0.2) is 30.2 Å². The summed E-state index contributed by atoms with van der Waals surface area (Å²) in [6.07, 6.45) is 20.8. The number of esters is 1. The molecule has 0 spiro atoms. The summed E-state index contributed by atoms with van der Waals surface area (Å²) in [5.74, 6) is 0.395. The van der Waals surface area contributed by atoms with Crippen LogP contribution in [0, 0.1) is 0 Å². The van der Waals surface area contributed by atoms with E-state index < -0.39 is 0 Å². The van der Waals surface area contributed by atoms with Gasteiger partial charge in [-0.1, -0.05) is 76.2 Å². The van der Waals surface area contributed by atoms with Crippen LogP contribution in [0.3, 0.4) is 0 Å². The highest BCUT2D eigenvalue weighted by Gasteiger charge is 2.00. The van der Waals surface area contributed by atoms with E-state index in [1.165, 1.54) is 51.2 Å². The lowest BCUT2D eigenvalue weighted by molar-refractivity contribution is -0.138. The first-order valence-corrected chi connectivity index (χ1v) is 9.64. The molecular formula is C20H33ClO2. The van der Waals surface area contributed by atoms with Gasteiger partial charge in [0, 0.05) is 12.3 Å². The van der Waals surface area contributed by atoms with E-state index in [-0.39, 0.29) is 5.97 Å². The summed E-state index contributed by atoms with van der Waals surface area (Å²) in [5, 5.41) is 0. The number of ether oxygens (including phenoxy) is 1. The van der Waals surface area contributed by atoms with E-state index in [0.29, 0.717) is 12.3 Å². The summed E-state index contributed by atoms with van der Waals surface area (Å²) in [7, 11) is 0. The van der Waals surface area contributed by atoms with Gasteiger partial charge in [-0.05, 0) is 25.3 Å². The Bertz CT molecular complexity index is 355. The van der Waals surface area contributed by atoms with Gasteiger partial charge in [0.05, 0.1) is 0 Å². The molecule has 0 aromatic carbocycles. The fourth-order valence-corrected chi connectivity index (χ4v) is 2.36. The Hall–Kier alpha value is -0.980. The largest absolute Gasteiger partial charge is 0.426 e. The number of rotatable bonds is 15. The number of alkyl halides is 1. The number of carbonyl (C=O) groups excluding carboxylic acids is 1. The second kappa shape index (κ2) is 19.1. The van der Waals surface area contributed by atoms with Crippen LogP contribution in [0.25, 0.3) is 0 Å². The van der Waals surface area contributed by atoms with Crippen molar-refractivity contribution in [1.29, 1.82) is 0 Å². The van der Waals surface area contributed by atoms with Crippen LogP contribution < -0.4 is 0 Å². The molecule has 23 heavy (non-hydrogen) atoms. The predicted molar refractivity (Wildman–Crippen MR) is 99.7 cm³/mol. The summed E-state index contributed by atoms with van der Waals surface area (Å²) in [6.45, 7) is 2.24. The Morgan fingerprint density at radius 3 is 2.26 bits per heavy atom. The van der Waals surface area contributed by atoms with Crippen molar-refractivity contribution in [3.63, 3.8) is 0 Å². The molecule has 0 atom stereocenters. The Morgan fingerprint density at radius 2 is 1.61 bits per heavy atom. The van der Waals surface area contributed by atoms with E-state index in [2.05, 4.69) is 12.7 Å². The van der Waals surface area contributed by atoms with Gasteiger partial charge in [-0.15, -0.1) is 11.6 Å². The van der Waals surface area contributed by atoms with E-state index in [9.17, 15) is 4.79 Å². The molecule has 0 saturated heterocycles. The summed E-state index contributed by atoms with van der Waals surface area (Å²) in [4.78, 5) is 11.5. The van der Waals surface area contributed by atoms with Gasteiger partial charge < -0.3 is 4.74 Å². The maximum absolute atomic E-state index is 11.5. The van der Waals surface area contributed by atoms with Crippen LogP contribution in [-0.4, -0.2) is 11.8 Å². The van der Waals surface area contributed by atoms with E-state index in [1.54, 1.807) is 0 Å². The SMILES string of the molecule is CCCCCCCCCCCC(=O)OC=C=CCCC=CCCl. The molecule has 0 saturated carbocycles. The van der Waals surface area contributed by atoms with Crippen LogP contribution in [0.1, 0.15) is 84.0 Å². The second-order valence-corrected chi connectivity index (χ2v) is 6.07. The summed E-state index contributed by atoms with van der Waals surface area (Å²) in [6, 6.07) is 0. The average Bonchev–Trinajstić information content (AvgIpc) is 2.56. The third kappa shape index (κ3) is 19.0. The molecule has 0 bridgehead atoms. The Labute approximate surface area is 147 Å². The molecule has 0 unspecified atom stereocenters. The van der Waals surface area contributed by atoms with E-state index >= 15 is 0 Å². The summed E-state index contributed by atoms with van der Waals surface area (Å²) in [5.41, 5.74) is 2.87. The van der Waals surface area contributed by atoms with Crippen LogP contribution in [0.2, 0.25) is 0 Å². The van der Waals surface area contributed by atoms with Gasteiger partial charge in [0.2, 0.25) is 0 Å². The van der Waals surface area contributed by atoms with Crippen LogP contribution >= 0.6 is 11.6 Å². The highest BCUT2D eigenvalue weighted by Crippen LogP contribution is 2.10. The molecule has 132 valence electrons. The molecule has 0 fully saturated rings. The van der Waals surface area contributed by atoms with Gasteiger partial charge in [-0.3, -0.25) is 4.79 Å². The normalized spacial score (nSPS) is 10.5. The molecule has 0 heterocycles. The molecule has 0 aliphatic rings. The molecule has 3 heteroatoms. The zero-order chi connectivity index (χ0) is 17.0.